The minimum atomic E-state index is -3.49. The molecule has 1 aliphatic heterocycles. The van der Waals surface area contributed by atoms with Gasteiger partial charge in [0.2, 0.25) is 10.0 Å². The molecule has 6 nitrogen and oxygen atoms in total. The predicted molar refractivity (Wildman–Crippen MR) is 94.3 cm³/mol. The van der Waals surface area contributed by atoms with Gasteiger partial charge in [-0.2, -0.15) is 4.31 Å². The molecule has 24 heavy (non-hydrogen) atoms. The molecule has 1 N–H and O–H groups in total. The Kier molecular flexibility index (Phi) is 5.87. The van der Waals surface area contributed by atoms with Gasteiger partial charge >= 0.3 is 6.03 Å². The quantitative estimate of drug-likeness (QED) is 0.901. The summed E-state index contributed by atoms with van der Waals surface area (Å²) in [4.78, 5) is 14.2. The Hall–Kier alpha value is -1.60. The zero-order chi connectivity index (χ0) is 17.9. The van der Waals surface area contributed by atoms with E-state index in [0.717, 1.165) is 5.56 Å². The minimum absolute atomic E-state index is 0.0896. The molecule has 1 atom stereocenters. The van der Waals surface area contributed by atoms with E-state index < -0.39 is 10.0 Å². The summed E-state index contributed by atoms with van der Waals surface area (Å²) in [6.07, 6.45) is 0. The van der Waals surface area contributed by atoms with E-state index in [1.54, 1.807) is 29.2 Å². The Morgan fingerprint density at radius 1 is 1.04 bits per heavy atom. The van der Waals surface area contributed by atoms with Crippen LogP contribution in [0.5, 0.6) is 0 Å². The zero-order valence-electron chi connectivity index (χ0n) is 14.8. The molecule has 0 aromatic heterocycles. The molecule has 1 fully saturated rings. The molecule has 7 heteroatoms. The average Bonchev–Trinajstić information content (AvgIpc) is 2.55. The number of nitrogens with zero attached hydrogens (tertiary/aromatic N) is 2. The van der Waals surface area contributed by atoms with E-state index in [1.807, 2.05) is 13.8 Å². The van der Waals surface area contributed by atoms with Crippen LogP contribution in [0, 0.1) is 12.8 Å². The first-order valence-electron chi connectivity index (χ1n) is 8.34. The third-order valence-corrected chi connectivity index (χ3v) is 6.45. The normalized spacial score (nSPS) is 17.8. The van der Waals surface area contributed by atoms with Gasteiger partial charge in [0.15, 0.2) is 0 Å². The molecule has 1 unspecified atom stereocenters. The highest BCUT2D eigenvalue weighted by Crippen LogP contribution is 2.18. The van der Waals surface area contributed by atoms with E-state index in [2.05, 4.69) is 19.2 Å². The number of hydrogen-bond donors (Lipinski definition) is 1. The lowest BCUT2D eigenvalue weighted by molar-refractivity contribution is 0.167. The van der Waals surface area contributed by atoms with Crippen molar-refractivity contribution in [2.24, 2.45) is 5.92 Å². The van der Waals surface area contributed by atoms with Crippen LogP contribution < -0.4 is 5.32 Å². The largest absolute Gasteiger partial charge is 0.335 e. The van der Waals surface area contributed by atoms with E-state index >= 15 is 0 Å². The molecule has 1 aromatic rings. The standard InChI is InChI=1S/C17H27N3O3S/c1-13(2)15(4)18-17(21)19-9-11-20(12-10-19)24(22,23)16-7-5-14(3)6-8-16/h5-8,13,15H,9-12H2,1-4H3,(H,18,21). The van der Waals surface area contributed by atoms with Crippen LogP contribution in [0.1, 0.15) is 26.3 Å². The molecule has 0 aliphatic carbocycles. The summed E-state index contributed by atoms with van der Waals surface area (Å²) >= 11 is 0. The van der Waals surface area contributed by atoms with Crippen LogP contribution in [-0.2, 0) is 10.0 Å². The number of aryl methyl sites for hydroxylation is 1. The SMILES string of the molecule is Cc1ccc(S(=O)(=O)N2CCN(C(=O)NC(C)C(C)C)CC2)cc1. The number of hydrogen-bond acceptors (Lipinski definition) is 3. The summed E-state index contributed by atoms with van der Waals surface area (Å²) < 4.78 is 26.7. The number of carbonyl (C=O) groups is 1. The van der Waals surface area contributed by atoms with Crippen molar-refractivity contribution in [3.8, 4) is 0 Å². The van der Waals surface area contributed by atoms with Gasteiger partial charge in [0.05, 0.1) is 4.90 Å². The Labute approximate surface area is 144 Å². The summed E-state index contributed by atoms with van der Waals surface area (Å²) in [7, 11) is -3.49. The van der Waals surface area contributed by atoms with Crippen molar-refractivity contribution >= 4 is 16.1 Å². The molecule has 1 aliphatic rings. The Balaban J connectivity index is 1.97. The maximum Gasteiger partial charge on any atom is 0.317 e. The van der Waals surface area contributed by atoms with Crippen LogP contribution in [0.25, 0.3) is 0 Å². The number of nitrogens with one attached hydrogen (secondary N) is 1. The third-order valence-electron chi connectivity index (χ3n) is 4.54. The van der Waals surface area contributed by atoms with Crippen molar-refractivity contribution < 1.29 is 13.2 Å². The molecular weight excluding hydrogens is 326 g/mol. The lowest BCUT2D eigenvalue weighted by Crippen LogP contribution is -2.54. The maximum absolute atomic E-state index is 12.6. The number of rotatable bonds is 4. The van der Waals surface area contributed by atoms with Gasteiger partial charge in [0, 0.05) is 32.2 Å². The van der Waals surface area contributed by atoms with Crippen molar-refractivity contribution in [1.29, 1.82) is 0 Å². The first-order chi connectivity index (χ1) is 11.2. The van der Waals surface area contributed by atoms with Gasteiger partial charge in [-0.05, 0) is 31.9 Å². The van der Waals surface area contributed by atoms with E-state index in [9.17, 15) is 13.2 Å². The molecular formula is C17H27N3O3S. The van der Waals surface area contributed by atoms with Crippen molar-refractivity contribution in [2.75, 3.05) is 26.2 Å². The summed E-state index contributed by atoms with van der Waals surface area (Å²) in [5.41, 5.74) is 1.02. The fourth-order valence-electron chi connectivity index (χ4n) is 2.44. The topological polar surface area (TPSA) is 69.7 Å². The number of piperazine rings is 1. The number of sulfonamides is 1. The highest BCUT2D eigenvalue weighted by atomic mass is 32.2. The van der Waals surface area contributed by atoms with Crippen molar-refractivity contribution in [2.45, 2.75) is 38.6 Å². The van der Waals surface area contributed by atoms with Gasteiger partial charge in [0.25, 0.3) is 0 Å². The second-order valence-corrected chi connectivity index (χ2v) is 8.62. The Bertz CT molecular complexity index is 663. The fraction of sp³-hybridized carbons (Fsp3) is 0.588. The van der Waals surface area contributed by atoms with Gasteiger partial charge in [0.1, 0.15) is 0 Å². The fourth-order valence-corrected chi connectivity index (χ4v) is 3.87. The monoisotopic (exact) mass is 353 g/mol. The van der Waals surface area contributed by atoms with Crippen LogP contribution >= 0.6 is 0 Å². The number of amides is 2. The van der Waals surface area contributed by atoms with E-state index in [1.165, 1.54) is 4.31 Å². The van der Waals surface area contributed by atoms with Gasteiger partial charge in [-0.3, -0.25) is 0 Å². The van der Waals surface area contributed by atoms with Crippen molar-refractivity contribution in [1.82, 2.24) is 14.5 Å². The van der Waals surface area contributed by atoms with Crippen molar-refractivity contribution in [3.05, 3.63) is 29.8 Å². The number of benzene rings is 1. The summed E-state index contributed by atoms with van der Waals surface area (Å²) in [6.45, 7) is 9.45. The Morgan fingerprint density at radius 3 is 2.08 bits per heavy atom. The zero-order valence-corrected chi connectivity index (χ0v) is 15.6. The molecule has 0 bridgehead atoms. The molecule has 1 aromatic carbocycles. The lowest BCUT2D eigenvalue weighted by Gasteiger charge is -2.35. The summed E-state index contributed by atoms with van der Waals surface area (Å²) in [5.74, 6) is 0.358. The predicted octanol–water partition coefficient (Wildman–Crippen LogP) is 2.06. The highest BCUT2D eigenvalue weighted by molar-refractivity contribution is 7.89. The van der Waals surface area contributed by atoms with E-state index in [4.69, 9.17) is 0 Å². The smallest absolute Gasteiger partial charge is 0.317 e. The second kappa shape index (κ2) is 7.53. The molecule has 2 amide bonds. The molecule has 0 radical (unpaired) electrons. The summed E-state index contributed by atoms with van der Waals surface area (Å²) in [5, 5.41) is 2.96. The van der Waals surface area contributed by atoms with Crippen LogP contribution in [0.3, 0.4) is 0 Å². The maximum atomic E-state index is 12.6. The first-order valence-corrected chi connectivity index (χ1v) is 9.78. The van der Waals surface area contributed by atoms with Crippen LogP contribution in [0.15, 0.2) is 29.2 Å². The van der Waals surface area contributed by atoms with Crippen LogP contribution in [0.2, 0.25) is 0 Å². The second-order valence-electron chi connectivity index (χ2n) is 6.69. The van der Waals surface area contributed by atoms with Gasteiger partial charge in [-0.25, -0.2) is 13.2 Å². The molecule has 1 saturated heterocycles. The highest BCUT2D eigenvalue weighted by Gasteiger charge is 2.30. The minimum Gasteiger partial charge on any atom is -0.335 e. The van der Waals surface area contributed by atoms with Crippen LogP contribution in [0.4, 0.5) is 4.79 Å². The Morgan fingerprint density at radius 2 is 1.58 bits per heavy atom. The van der Waals surface area contributed by atoms with Gasteiger partial charge < -0.3 is 10.2 Å². The molecule has 2 rings (SSSR count). The lowest BCUT2D eigenvalue weighted by atomic mass is 10.1. The number of carbonyl (C=O) groups excluding carboxylic acids is 1. The van der Waals surface area contributed by atoms with Gasteiger partial charge in [-0.15, -0.1) is 0 Å². The molecule has 0 saturated carbocycles. The third kappa shape index (κ3) is 4.27. The molecule has 134 valence electrons. The first kappa shape index (κ1) is 18.7. The van der Waals surface area contributed by atoms with Crippen LogP contribution in [-0.4, -0.2) is 55.9 Å². The molecule has 1 heterocycles. The molecule has 0 spiro atoms. The number of urea groups is 1. The average molecular weight is 353 g/mol. The van der Waals surface area contributed by atoms with Gasteiger partial charge in [-0.1, -0.05) is 31.5 Å². The van der Waals surface area contributed by atoms with E-state index in [0.29, 0.717) is 37.0 Å². The van der Waals surface area contributed by atoms with E-state index in [-0.39, 0.29) is 12.1 Å². The summed E-state index contributed by atoms with van der Waals surface area (Å²) in [6, 6.07) is 6.83. The van der Waals surface area contributed by atoms with Crippen molar-refractivity contribution in [3.63, 3.8) is 0 Å².